The Morgan fingerprint density at radius 2 is 2.04 bits per heavy atom. The summed E-state index contributed by atoms with van der Waals surface area (Å²) < 4.78 is 28.9. The number of carbonyl (C=O) groups is 1. The topological polar surface area (TPSA) is 101 Å². The molecule has 0 unspecified atom stereocenters. The number of amides is 1. The molecular weight excluding hydrogens is 392 g/mol. The zero-order valence-electron chi connectivity index (χ0n) is 14.4. The van der Waals surface area contributed by atoms with Crippen molar-refractivity contribution < 1.29 is 13.2 Å². The lowest BCUT2D eigenvalue weighted by molar-refractivity contribution is -0.118. The first-order chi connectivity index (χ1) is 12.3. The molecule has 1 aromatic carbocycles. The highest BCUT2D eigenvalue weighted by Gasteiger charge is 2.29. The summed E-state index contributed by atoms with van der Waals surface area (Å²) >= 11 is 2.70. The lowest BCUT2D eigenvalue weighted by Gasteiger charge is -2.21. The number of nitrogens with zero attached hydrogens (tertiary/aromatic N) is 2. The molecule has 2 N–H and O–H groups in total. The van der Waals surface area contributed by atoms with E-state index in [0.717, 1.165) is 15.2 Å². The van der Waals surface area contributed by atoms with Crippen LogP contribution in [0.15, 0.2) is 34.7 Å². The molecule has 0 aliphatic heterocycles. The molecule has 2 aromatic heterocycles. The van der Waals surface area contributed by atoms with Crippen LogP contribution in [0.4, 0.5) is 5.13 Å². The number of aromatic nitrogens is 2. The molecule has 2 heterocycles. The predicted molar refractivity (Wildman–Crippen MR) is 104 cm³/mol. The molecule has 3 rings (SSSR count). The molecule has 3 aromatic rings. The van der Waals surface area contributed by atoms with Gasteiger partial charge in [0.05, 0.1) is 20.1 Å². The van der Waals surface area contributed by atoms with Crippen molar-refractivity contribution in [1.29, 1.82) is 0 Å². The highest BCUT2D eigenvalue weighted by molar-refractivity contribution is 7.89. The van der Waals surface area contributed by atoms with E-state index >= 15 is 0 Å². The van der Waals surface area contributed by atoms with Gasteiger partial charge in [0.25, 0.3) is 0 Å². The summed E-state index contributed by atoms with van der Waals surface area (Å²) in [5.41, 5.74) is 0.758. The second-order valence-corrected chi connectivity index (χ2v) is 9.88. The highest BCUT2D eigenvalue weighted by Crippen LogP contribution is 2.25. The van der Waals surface area contributed by atoms with Crippen molar-refractivity contribution in [2.24, 2.45) is 5.92 Å². The minimum Gasteiger partial charge on any atom is -0.301 e. The van der Waals surface area contributed by atoms with Crippen LogP contribution in [0.5, 0.6) is 0 Å². The van der Waals surface area contributed by atoms with E-state index in [9.17, 15) is 13.2 Å². The summed E-state index contributed by atoms with van der Waals surface area (Å²) in [5.74, 6) is -0.674. The number of nitrogens with one attached hydrogen (secondary N) is 2. The fourth-order valence-electron chi connectivity index (χ4n) is 2.38. The molecule has 0 radical (unpaired) electrons. The molecule has 0 fully saturated rings. The third kappa shape index (κ3) is 4.09. The normalized spacial score (nSPS) is 13.2. The summed E-state index contributed by atoms with van der Waals surface area (Å²) in [6.07, 6.45) is 1.57. The number of carbonyl (C=O) groups excluding carboxylic acids is 1. The van der Waals surface area contributed by atoms with Crippen molar-refractivity contribution in [3.63, 3.8) is 0 Å². The van der Waals surface area contributed by atoms with E-state index in [0.29, 0.717) is 5.13 Å². The summed E-state index contributed by atoms with van der Waals surface area (Å²) in [5, 5.41) is 5.67. The standard InChI is InChI=1S/C16H18N4O3S3/c1-9(2)14(15(21)19-16-17-6-7-24-16)20-26(22,23)11-4-5-12-13(8-11)25-10(3)18-12/h4-9,14,20H,1-3H3,(H,17,19,21)/t14-/m0/s1. The molecule has 0 bridgehead atoms. The summed E-state index contributed by atoms with van der Waals surface area (Å²) in [6.45, 7) is 5.43. The number of fused-ring (bicyclic) bond motifs is 1. The molecule has 1 amide bonds. The van der Waals surface area contributed by atoms with E-state index in [4.69, 9.17) is 0 Å². The molecule has 0 aliphatic rings. The third-order valence-electron chi connectivity index (χ3n) is 3.67. The Hall–Kier alpha value is -1.88. The van der Waals surface area contributed by atoms with Crippen LogP contribution in [0.2, 0.25) is 0 Å². The summed E-state index contributed by atoms with van der Waals surface area (Å²) in [7, 11) is -3.86. The molecule has 0 saturated carbocycles. The Bertz CT molecular complexity index is 1030. The van der Waals surface area contributed by atoms with Crippen molar-refractivity contribution in [1.82, 2.24) is 14.7 Å². The van der Waals surface area contributed by atoms with Crippen LogP contribution in [0.25, 0.3) is 10.2 Å². The molecule has 10 heteroatoms. The number of hydrogen-bond acceptors (Lipinski definition) is 7. The number of rotatable bonds is 6. The van der Waals surface area contributed by atoms with Gasteiger partial charge in [-0.15, -0.1) is 22.7 Å². The molecule has 0 saturated heterocycles. The average molecular weight is 411 g/mol. The van der Waals surface area contributed by atoms with Crippen LogP contribution in [0, 0.1) is 12.8 Å². The van der Waals surface area contributed by atoms with Crippen LogP contribution in [0.3, 0.4) is 0 Å². The first-order valence-corrected chi connectivity index (χ1v) is 11.0. The van der Waals surface area contributed by atoms with E-state index in [-0.39, 0.29) is 10.8 Å². The van der Waals surface area contributed by atoms with E-state index in [1.54, 1.807) is 37.6 Å². The smallest absolute Gasteiger partial charge is 0.244 e. The predicted octanol–water partition coefficient (Wildman–Crippen LogP) is 3.00. The van der Waals surface area contributed by atoms with Gasteiger partial charge in [0.1, 0.15) is 6.04 Å². The van der Waals surface area contributed by atoms with Crippen molar-refractivity contribution in [2.45, 2.75) is 31.7 Å². The Morgan fingerprint density at radius 3 is 2.69 bits per heavy atom. The van der Waals surface area contributed by atoms with Gasteiger partial charge < -0.3 is 5.32 Å². The van der Waals surface area contributed by atoms with Crippen LogP contribution < -0.4 is 10.0 Å². The lowest BCUT2D eigenvalue weighted by Crippen LogP contribution is -2.47. The largest absolute Gasteiger partial charge is 0.301 e. The SMILES string of the molecule is Cc1nc2ccc(S(=O)(=O)N[C@H](C(=O)Nc3nccs3)C(C)C)cc2s1. The Morgan fingerprint density at radius 1 is 1.27 bits per heavy atom. The molecule has 138 valence electrons. The van der Waals surface area contributed by atoms with E-state index < -0.39 is 22.0 Å². The van der Waals surface area contributed by atoms with Crippen LogP contribution in [-0.4, -0.2) is 30.3 Å². The maximum atomic E-state index is 12.8. The Balaban J connectivity index is 1.85. The first kappa shape index (κ1) is 18.9. The molecular formula is C16H18N4O3S3. The minimum atomic E-state index is -3.86. The number of thiazole rings is 2. The second-order valence-electron chi connectivity index (χ2n) is 6.03. The van der Waals surface area contributed by atoms with Crippen LogP contribution in [-0.2, 0) is 14.8 Å². The number of hydrogen-bond donors (Lipinski definition) is 2. The Kier molecular flexibility index (Phi) is 5.37. The van der Waals surface area contributed by atoms with Crippen molar-refractivity contribution in [3.8, 4) is 0 Å². The summed E-state index contributed by atoms with van der Waals surface area (Å²) in [6, 6.07) is 3.84. The summed E-state index contributed by atoms with van der Waals surface area (Å²) in [4.78, 5) is 20.9. The molecule has 1 atom stereocenters. The van der Waals surface area contributed by atoms with Crippen molar-refractivity contribution >= 4 is 54.0 Å². The third-order valence-corrected chi connectivity index (χ3v) is 6.73. The number of sulfonamides is 1. The van der Waals surface area contributed by atoms with E-state index in [1.807, 2.05) is 6.92 Å². The van der Waals surface area contributed by atoms with Crippen LogP contribution in [0.1, 0.15) is 18.9 Å². The van der Waals surface area contributed by atoms with Crippen molar-refractivity contribution in [3.05, 3.63) is 34.8 Å². The van der Waals surface area contributed by atoms with Crippen molar-refractivity contribution in [2.75, 3.05) is 5.32 Å². The first-order valence-electron chi connectivity index (χ1n) is 7.86. The van der Waals surface area contributed by atoms with Gasteiger partial charge in [-0.05, 0) is 31.0 Å². The van der Waals surface area contributed by atoms with Gasteiger partial charge in [-0.25, -0.2) is 18.4 Å². The van der Waals surface area contributed by atoms with E-state index in [2.05, 4.69) is 20.0 Å². The zero-order chi connectivity index (χ0) is 18.9. The minimum absolute atomic E-state index is 0.112. The number of benzene rings is 1. The molecule has 0 aliphatic carbocycles. The monoisotopic (exact) mass is 410 g/mol. The quantitative estimate of drug-likeness (QED) is 0.650. The van der Waals surface area contributed by atoms with Gasteiger partial charge in [0.2, 0.25) is 15.9 Å². The van der Waals surface area contributed by atoms with E-state index in [1.165, 1.54) is 28.7 Å². The molecule has 0 spiro atoms. The zero-order valence-corrected chi connectivity index (χ0v) is 16.8. The van der Waals surface area contributed by atoms with Gasteiger partial charge in [-0.2, -0.15) is 4.72 Å². The fraction of sp³-hybridized carbons (Fsp3) is 0.312. The Labute approximate surface area is 159 Å². The highest BCUT2D eigenvalue weighted by atomic mass is 32.2. The van der Waals surface area contributed by atoms with Gasteiger partial charge in [0.15, 0.2) is 5.13 Å². The number of aryl methyl sites for hydroxylation is 1. The maximum absolute atomic E-state index is 12.8. The van der Waals surface area contributed by atoms with Gasteiger partial charge >= 0.3 is 0 Å². The fourth-order valence-corrected chi connectivity index (χ4v) is 5.23. The molecule has 7 nitrogen and oxygen atoms in total. The molecule has 26 heavy (non-hydrogen) atoms. The van der Waals surface area contributed by atoms with Gasteiger partial charge in [0, 0.05) is 11.6 Å². The van der Waals surface area contributed by atoms with Gasteiger partial charge in [-0.1, -0.05) is 13.8 Å². The lowest BCUT2D eigenvalue weighted by atomic mass is 10.1. The maximum Gasteiger partial charge on any atom is 0.244 e. The number of anilines is 1. The van der Waals surface area contributed by atoms with Crippen LogP contribution >= 0.6 is 22.7 Å². The average Bonchev–Trinajstić information content (AvgIpc) is 3.19. The van der Waals surface area contributed by atoms with Gasteiger partial charge in [-0.3, -0.25) is 4.79 Å². The second kappa shape index (κ2) is 7.39.